The van der Waals surface area contributed by atoms with Gasteiger partial charge in [0.05, 0.1) is 23.0 Å². The lowest BCUT2D eigenvalue weighted by molar-refractivity contribution is 0.102. The van der Waals surface area contributed by atoms with Gasteiger partial charge in [0.2, 0.25) is 0 Å². The zero-order valence-electron chi connectivity index (χ0n) is 20.4. The van der Waals surface area contributed by atoms with Crippen LogP contribution in [0.4, 0.5) is 25.1 Å². The summed E-state index contributed by atoms with van der Waals surface area (Å²) in [7, 11) is -10.1. The molecule has 208 valence electrons. The molecule has 0 aliphatic heterocycles. The highest BCUT2D eigenvalue weighted by molar-refractivity contribution is 8.45. The minimum atomic E-state index is -10.1. The molecule has 0 saturated carbocycles. The Hall–Kier alpha value is -4.70. The molecule has 0 atom stereocenters. The van der Waals surface area contributed by atoms with Gasteiger partial charge in [-0.05, 0) is 61.4 Å². The predicted molar refractivity (Wildman–Crippen MR) is 144 cm³/mol. The van der Waals surface area contributed by atoms with E-state index < -0.39 is 32.2 Å². The molecule has 3 heterocycles. The molecule has 0 bridgehead atoms. The zero-order chi connectivity index (χ0) is 28.2. The van der Waals surface area contributed by atoms with Crippen molar-refractivity contribution in [2.24, 2.45) is 0 Å². The largest absolute Gasteiger partial charge is 0.322 e. The number of imidazole rings is 1. The van der Waals surface area contributed by atoms with Crippen LogP contribution >= 0.6 is 10.2 Å². The van der Waals surface area contributed by atoms with Gasteiger partial charge in [-0.2, -0.15) is 10.4 Å². The fraction of sp³-hybridized carbons (Fsp3) is 0.111. The number of fused-ring (bicyclic) bond motifs is 1. The Kier molecular flexibility index (Phi) is 6.31. The summed E-state index contributed by atoms with van der Waals surface area (Å²) in [4.78, 5) is 14.7. The molecule has 1 N–H and O–H groups in total. The molecule has 0 fully saturated rings. The molecule has 40 heavy (non-hydrogen) atoms. The summed E-state index contributed by atoms with van der Waals surface area (Å²) >= 11 is 0. The van der Waals surface area contributed by atoms with E-state index in [9.17, 15) is 24.2 Å². The minimum Gasteiger partial charge on any atom is -0.322 e. The monoisotopic (exact) mass is 574 g/mol. The van der Waals surface area contributed by atoms with Gasteiger partial charge in [-0.1, -0.05) is 32.9 Å². The number of rotatable bonds is 5. The highest BCUT2D eigenvalue weighted by Gasteiger charge is 2.65. The van der Waals surface area contributed by atoms with Crippen LogP contribution in [0, 0.1) is 25.2 Å². The number of nitrogens with zero attached hydrogens (tertiary/aromatic N) is 5. The van der Waals surface area contributed by atoms with Gasteiger partial charge in [0.15, 0.2) is 0 Å². The van der Waals surface area contributed by atoms with E-state index in [0.717, 1.165) is 17.2 Å². The molecule has 0 saturated heterocycles. The Morgan fingerprint density at radius 1 is 1.00 bits per heavy atom. The first-order chi connectivity index (χ1) is 18.1. The molecule has 0 aliphatic rings. The van der Waals surface area contributed by atoms with Gasteiger partial charge in [0.25, 0.3) is 5.91 Å². The van der Waals surface area contributed by atoms with E-state index >= 15 is 0 Å². The Balaban J connectivity index is 0.00000370. The number of halogens is 5. The molecule has 7 nitrogen and oxygen atoms in total. The van der Waals surface area contributed by atoms with Crippen LogP contribution in [0.3, 0.4) is 0 Å². The van der Waals surface area contributed by atoms with Crippen LogP contribution in [0.15, 0.2) is 78.2 Å². The van der Waals surface area contributed by atoms with Crippen molar-refractivity contribution in [3.63, 3.8) is 0 Å². The zero-order valence-corrected chi connectivity index (χ0v) is 21.2. The second-order valence-electron chi connectivity index (χ2n) is 8.98. The van der Waals surface area contributed by atoms with Crippen molar-refractivity contribution in [3.8, 4) is 23.0 Å². The van der Waals surface area contributed by atoms with Gasteiger partial charge in [0.1, 0.15) is 10.5 Å². The Bertz CT molecular complexity index is 1820. The Morgan fingerprint density at radius 2 is 1.75 bits per heavy atom. The molecule has 0 unspecified atom stereocenters. The van der Waals surface area contributed by atoms with Crippen molar-refractivity contribution in [3.05, 3.63) is 95.6 Å². The number of anilines is 1. The Labute approximate surface area is 226 Å². The Morgan fingerprint density at radius 3 is 2.40 bits per heavy atom. The van der Waals surface area contributed by atoms with Crippen LogP contribution in [0.2, 0.25) is 0 Å². The van der Waals surface area contributed by atoms with Crippen LogP contribution < -0.4 is 5.32 Å². The van der Waals surface area contributed by atoms with Gasteiger partial charge in [-0.3, -0.25) is 14.3 Å². The van der Waals surface area contributed by atoms with Gasteiger partial charge in [0, 0.05) is 47.7 Å². The third-order valence-electron chi connectivity index (χ3n) is 6.07. The van der Waals surface area contributed by atoms with E-state index in [4.69, 9.17) is 5.26 Å². The molecule has 1 amide bonds. The van der Waals surface area contributed by atoms with E-state index in [1.807, 2.05) is 23.6 Å². The van der Waals surface area contributed by atoms with Crippen molar-refractivity contribution >= 4 is 27.5 Å². The van der Waals surface area contributed by atoms with Gasteiger partial charge < -0.3 is 5.32 Å². The van der Waals surface area contributed by atoms with Crippen molar-refractivity contribution in [2.75, 3.05) is 5.32 Å². The topological polar surface area (TPSA) is 88.0 Å². The fourth-order valence-electron chi connectivity index (χ4n) is 4.19. The molecule has 5 aromatic rings. The molecule has 0 radical (unpaired) electrons. The number of carbonyl (C=O) groups excluding carboxylic acids is 1. The molecule has 2 aromatic carbocycles. The number of benzene rings is 2. The number of carbonyl (C=O) groups is 1. The van der Waals surface area contributed by atoms with Crippen molar-refractivity contribution < 1.29 is 24.2 Å². The number of amides is 1. The summed E-state index contributed by atoms with van der Waals surface area (Å²) in [6.07, 6.45) is 6.83. The summed E-state index contributed by atoms with van der Waals surface area (Å²) in [5, 5.41) is 16.1. The smallest absolute Gasteiger partial charge is 0.310 e. The van der Waals surface area contributed by atoms with E-state index in [1.54, 1.807) is 54.4 Å². The maximum Gasteiger partial charge on any atom is 0.310 e. The second kappa shape index (κ2) is 8.92. The number of nitrogens with one attached hydrogen (secondary N) is 1. The molecule has 5 rings (SSSR count). The van der Waals surface area contributed by atoms with Crippen molar-refractivity contribution in [2.45, 2.75) is 26.2 Å². The van der Waals surface area contributed by atoms with E-state index in [-0.39, 0.29) is 25.2 Å². The average molecular weight is 575 g/mol. The highest BCUT2D eigenvalue weighted by Crippen LogP contribution is 3.02. The van der Waals surface area contributed by atoms with Gasteiger partial charge in [-0.25, -0.2) is 4.52 Å². The SMILES string of the molecule is C.Cc1cc(C)c(-n2ccn3nc(-c4cccnc4)cc23)cc1NC(=O)c1cc(C#N)cc(S(F)(F)(F)(F)F)c1. The van der Waals surface area contributed by atoms with Crippen LogP contribution in [-0.4, -0.2) is 25.1 Å². The molecule has 0 aliphatic carbocycles. The molecule has 0 spiro atoms. The number of nitriles is 1. The third kappa shape index (κ3) is 5.39. The first-order valence-electron chi connectivity index (χ1n) is 11.3. The average Bonchev–Trinajstić information content (AvgIpc) is 3.46. The lowest BCUT2D eigenvalue weighted by Gasteiger charge is -2.40. The lowest BCUT2D eigenvalue weighted by Crippen LogP contribution is -2.15. The van der Waals surface area contributed by atoms with E-state index in [0.29, 0.717) is 22.6 Å². The highest BCUT2D eigenvalue weighted by atomic mass is 32.5. The standard InChI is InChI=1S/C26H19F5N6OS.CH4/c1-16-8-17(2)24(36-6-7-37-25(36)13-23(35-37)19-4-3-5-33-15-19)12-22(16)34-26(38)20-9-18(14-32)10-21(11-20)39(27,28,29,30)31;/h3-13,15H,1-2H3,(H,34,38);1H4. The summed E-state index contributed by atoms with van der Waals surface area (Å²) in [5.41, 5.74) is 3.04. The summed E-state index contributed by atoms with van der Waals surface area (Å²) in [6.45, 7) is 3.53. The molecule has 13 heteroatoms. The number of hydrogen-bond acceptors (Lipinski definition) is 4. The second-order valence-corrected chi connectivity index (χ2v) is 11.4. The van der Waals surface area contributed by atoms with Gasteiger partial charge >= 0.3 is 10.2 Å². The normalized spacial score (nSPS) is 13.2. The summed E-state index contributed by atoms with van der Waals surface area (Å²) in [5.74, 6) is -1.08. The minimum absolute atomic E-state index is 0. The number of aryl methyl sites for hydroxylation is 2. The molecule has 3 aromatic heterocycles. The number of aromatic nitrogens is 4. The fourth-order valence-corrected chi connectivity index (χ4v) is 4.89. The van der Waals surface area contributed by atoms with Crippen LogP contribution in [0.1, 0.15) is 34.5 Å². The van der Waals surface area contributed by atoms with Crippen LogP contribution in [0.5, 0.6) is 0 Å². The van der Waals surface area contributed by atoms with Gasteiger partial charge in [-0.15, -0.1) is 0 Å². The van der Waals surface area contributed by atoms with E-state index in [1.165, 1.54) is 6.07 Å². The number of hydrogen-bond donors (Lipinski definition) is 1. The quantitative estimate of drug-likeness (QED) is 0.214. The van der Waals surface area contributed by atoms with Crippen molar-refractivity contribution in [1.29, 1.82) is 5.26 Å². The maximum atomic E-state index is 13.4. The summed E-state index contributed by atoms with van der Waals surface area (Å²) in [6, 6.07) is 11.2. The third-order valence-corrected chi connectivity index (χ3v) is 7.20. The number of pyridine rings is 1. The first-order valence-corrected chi connectivity index (χ1v) is 13.3. The van der Waals surface area contributed by atoms with E-state index in [2.05, 4.69) is 15.4 Å². The van der Waals surface area contributed by atoms with Crippen molar-refractivity contribution in [1.82, 2.24) is 19.2 Å². The molecular weight excluding hydrogens is 551 g/mol. The molecular formula is C27H23F5N6OS. The summed E-state index contributed by atoms with van der Waals surface area (Å²) < 4.78 is 70.7. The maximum absolute atomic E-state index is 13.4. The van der Waals surface area contributed by atoms with Crippen LogP contribution in [-0.2, 0) is 0 Å². The lowest BCUT2D eigenvalue weighted by atomic mass is 10.1. The van der Waals surface area contributed by atoms with Crippen LogP contribution in [0.25, 0.3) is 22.6 Å². The predicted octanol–water partition coefficient (Wildman–Crippen LogP) is 8.22. The first kappa shape index (κ1) is 28.3.